The molecule has 0 bridgehead atoms. The Morgan fingerprint density at radius 3 is 2.50 bits per heavy atom. The van der Waals surface area contributed by atoms with Crippen LogP contribution in [-0.4, -0.2) is 27.7 Å². The van der Waals surface area contributed by atoms with Crippen molar-refractivity contribution in [1.29, 1.82) is 0 Å². The number of rotatable bonds is 2. The first-order valence-corrected chi connectivity index (χ1v) is 7.53. The van der Waals surface area contributed by atoms with Crippen molar-refractivity contribution in [2.24, 2.45) is 5.16 Å². The summed E-state index contributed by atoms with van der Waals surface area (Å²) in [4.78, 5) is 27.3. The molecular formula is C15H12Cl3NO3. The summed E-state index contributed by atoms with van der Waals surface area (Å²) in [5.74, 6) is -0.940. The normalized spacial score (nSPS) is 26.8. The molecule has 1 aromatic carbocycles. The highest BCUT2D eigenvalue weighted by Gasteiger charge is 2.44. The maximum atomic E-state index is 11.9. The van der Waals surface area contributed by atoms with Crippen LogP contribution in [0, 0.1) is 0 Å². The number of carbonyl (C=O) groups is 2. The lowest BCUT2D eigenvalue weighted by molar-refractivity contribution is -0.117. The zero-order chi connectivity index (χ0) is 16.5. The Morgan fingerprint density at radius 1 is 1.32 bits per heavy atom. The Labute approximate surface area is 142 Å². The van der Waals surface area contributed by atoms with Gasteiger partial charge in [-0.15, -0.1) is 23.2 Å². The summed E-state index contributed by atoms with van der Waals surface area (Å²) in [6.45, 7) is 3.10. The molecule has 4 nitrogen and oxygen atoms in total. The van der Waals surface area contributed by atoms with Gasteiger partial charge < -0.3 is 4.84 Å². The summed E-state index contributed by atoms with van der Waals surface area (Å²) in [6.07, 6.45) is 1.46. The van der Waals surface area contributed by atoms with E-state index in [0.717, 1.165) is 0 Å². The van der Waals surface area contributed by atoms with Crippen LogP contribution in [0.2, 0.25) is 5.02 Å². The lowest BCUT2D eigenvalue weighted by atomic mass is 9.87. The van der Waals surface area contributed by atoms with E-state index in [4.69, 9.17) is 39.6 Å². The number of alkyl halides is 2. The van der Waals surface area contributed by atoms with Gasteiger partial charge >= 0.3 is 5.97 Å². The lowest BCUT2D eigenvalue weighted by Crippen LogP contribution is -2.46. The average molecular weight is 361 g/mol. The maximum absolute atomic E-state index is 11.9. The molecule has 1 aliphatic rings. The molecule has 0 saturated carbocycles. The molecule has 0 saturated heterocycles. The van der Waals surface area contributed by atoms with Gasteiger partial charge in [0, 0.05) is 5.02 Å². The fourth-order valence-corrected chi connectivity index (χ4v) is 2.53. The van der Waals surface area contributed by atoms with Gasteiger partial charge in [0.25, 0.3) is 0 Å². The van der Waals surface area contributed by atoms with Crippen LogP contribution in [-0.2, 0) is 9.63 Å². The van der Waals surface area contributed by atoms with E-state index in [0.29, 0.717) is 16.2 Å². The molecule has 0 heterocycles. The Bertz CT molecular complexity index is 678. The first-order chi connectivity index (χ1) is 10.2. The molecule has 0 spiro atoms. The van der Waals surface area contributed by atoms with E-state index < -0.39 is 16.2 Å². The van der Waals surface area contributed by atoms with Gasteiger partial charge in [0.05, 0.1) is 5.56 Å². The Hall–Kier alpha value is -1.36. The van der Waals surface area contributed by atoms with E-state index in [1.165, 1.54) is 25.1 Å². The maximum Gasteiger partial charge on any atom is 0.365 e. The molecule has 0 amide bonds. The van der Waals surface area contributed by atoms with Gasteiger partial charge in [-0.3, -0.25) is 4.79 Å². The van der Waals surface area contributed by atoms with Crippen LogP contribution in [0.15, 0.2) is 41.1 Å². The number of carbonyl (C=O) groups excluding carboxylic acids is 2. The Morgan fingerprint density at radius 2 is 1.91 bits per heavy atom. The fraction of sp³-hybridized carbons (Fsp3) is 0.267. The van der Waals surface area contributed by atoms with Crippen molar-refractivity contribution in [3.8, 4) is 0 Å². The molecule has 1 aliphatic carbocycles. The van der Waals surface area contributed by atoms with Gasteiger partial charge in [-0.1, -0.05) is 16.8 Å². The van der Waals surface area contributed by atoms with Crippen molar-refractivity contribution in [2.75, 3.05) is 0 Å². The number of halogens is 3. The van der Waals surface area contributed by atoms with Crippen molar-refractivity contribution < 1.29 is 14.4 Å². The van der Waals surface area contributed by atoms with Crippen molar-refractivity contribution >= 4 is 52.3 Å². The van der Waals surface area contributed by atoms with Crippen LogP contribution in [0.3, 0.4) is 0 Å². The zero-order valence-electron chi connectivity index (χ0n) is 11.8. The third kappa shape index (κ3) is 3.35. The van der Waals surface area contributed by atoms with E-state index in [9.17, 15) is 9.59 Å². The van der Waals surface area contributed by atoms with Crippen molar-refractivity contribution in [3.63, 3.8) is 0 Å². The number of nitrogens with zero attached hydrogens (tertiary/aromatic N) is 1. The molecular weight excluding hydrogens is 349 g/mol. The van der Waals surface area contributed by atoms with E-state index in [1.807, 2.05) is 0 Å². The second kappa shape index (κ2) is 6.41. The van der Waals surface area contributed by atoms with Gasteiger partial charge in [-0.05, 0) is 49.8 Å². The molecule has 0 radical (unpaired) electrons. The quantitative estimate of drug-likeness (QED) is 0.455. The number of ketones is 1. The first kappa shape index (κ1) is 17.0. The van der Waals surface area contributed by atoms with E-state index in [-0.39, 0.29) is 11.5 Å². The SMILES string of the molecule is CC1=CC(=NOC(=O)c2ccc(Cl)cc2)C(Cl)C(C)(Cl)C1=O. The van der Waals surface area contributed by atoms with E-state index in [1.54, 1.807) is 19.1 Å². The summed E-state index contributed by atoms with van der Waals surface area (Å²) in [6, 6.07) is 6.16. The monoisotopic (exact) mass is 359 g/mol. The largest absolute Gasteiger partial charge is 0.365 e. The smallest absolute Gasteiger partial charge is 0.312 e. The molecule has 22 heavy (non-hydrogen) atoms. The average Bonchev–Trinajstić information content (AvgIpc) is 2.48. The Balaban J connectivity index is 2.21. The highest BCUT2D eigenvalue weighted by molar-refractivity contribution is 6.50. The molecule has 0 aliphatic heterocycles. The van der Waals surface area contributed by atoms with Gasteiger partial charge in [-0.2, -0.15) is 0 Å². The van der Waals surface area contributed by atoms with Crippen molar-refractivity contribution in [2.45, 2.75) is 24.1 Å². The summed E-state index contributed by atoms with van der Waals surface area (Å²) in [5.41, 5.74) is 0.912. The molecule has 0 fully saturated rings. The molecule has 0 aromatic heterocycles. The van der Waals surface area contributed by atoms with Gasteiger partial charge in [0.2, 0.25) is 0 Å². The third-order valence-electron chi connectivity index (χ3n) is 3.22. The summed E-state index contributed by atoms with van der Waals surface area (Å²) < 4.78 is 0. The lowest BCUT2D eigenvalue weighted by Gasteiger charge is -2.29. The molecule has 0 N–H and O–H groups in total. The zero-order valence-corrected chi connectivity index (χ0v) is 14.0. The molecule has 1 aromatic rings. The van der Waals surface area contributed by atoms with Crippen LogP contribution in [0.4, 0.5) is 0 Å². The van der Waals surface area contributed by atoms with Crippen molar-refractivity contribution in [3.05, 3.63) is 46.5 Å². The molecule has 2 unspecified atom stereocenters. The Kier molecular flexibility index (Phi) is 4.95. The predicted octanol–water partition coefficient (Wildman–Crippen LogP) is 3.99. The topological polar surface area (TPSA) is 55.7 Å². The second-order valence-corrected chi connectivity index (χ2v) is 6.65. The highest BCUT2D eigenvalue weighted by atomic mass is 35.5. The number of hydrogen-bond acceptors (Lipinski definition) is 4. The van der Waals surface area contributed by atoms with Crippen molar-refractivity contribution in [1.82, 2.24) is 0 Å². The number of benzene rings is 1. The number of oxime groups is 1. The molecule has 116 valence electrons. The first-order valence-electron chi connectivity index (χ1n) is 6.34. The summed E-state index contributed by atoms with van der Waals surface area (Å²) in [5, 5.41) is 3.34. The minimum Gasteiger partial charge on any atom is -0.312 e. The predicted molar refractivity (Wildman–Crippen MR) is 87.0 cm³/mol. The molecule has 2 atom stereocenters. The van der Waals surface area contributed by atoms with Crippen LogP contribution in [0.5, 0.6) is 0 Å². The van der Waals surface area contributed by atoms with Gasteiger partial charge in [0.1, 0.15) is 16.0 Å². The van der Waals surface area contributed by atoms with Crippen LogP contribution in [0.25, 0.3) is 0 Å². The van der Waals surface area contributed by atoms with E-state index in [2.05, 4.69) is 5.16 Å². The fourth-order valence-electron chi connectivity index (χ4n) is 1.94. The number of hydrogen-bond donors (Lipinski definition) is 0. The van der Waals surface area contributed by atoms with Crippen LogP contribution < -0.4 is 0 Å². The third-order valence-corrected chi connectivity index (χ3v) is 4.63. The van der Waals surface area contributed by atoms with E-state index >= 15 is 0 Å². The highest BCUT2D eigenvalue weighted by Crippen LogP contribution is 2.33. The molecule has 2 rings (SSSR count). The second-order valence-electron chi connectivity index (χ2n) is 5.00. The molecule has 7 heteroatoms. The van der Waals surface area contributed by atoms with Gasteiger partial charge in [-0.25, -0.2) is 4.79 Å². The number of allylic oxidation sites excluding steroid dienone is 2. The standard InChI is InChI=1S/C15H12Cl3NO3/c1-8-7-11(12(17)15(2,18)13(8)20)19-22-14(21)9-3-5-10(16)6-4-9/h3-7,12H,1-2H3. The number of Topliss-reactive ketones (excluding diaryl/α,β-unsaturated/α-hetero) is 1. The summed E-state index contributed by atoms with van der Waals surface area (Å²) >= 11 is 18.0. The van der Waals surface area contributed by atoms with Crippen LogP contribution >= 0.6 is 34.8 Å². The minimum atomic E-state index is -1.33. The minimum absolute atomic E-state index is 0.221. The summed E-state index contributed by atoms with van der Waals surface area (Å²) in [7, 11) is 0. The van der Waals surface area contributed by atoms with Crippen LogP contribution in [0.1, 0.15) is 24.2 Å². The van der Waals surface area contributed by atoms with Gasteiger partial charge in [0.15, 0.2) is 5.78 Å².